The first-order valence-corrected chi connectivity index (χ1v) is 19.5. The van der Waals surface area contributed by atoms with Gasteiger partial charge in [-0.25, -0.2) is 15.0 Å². The van der Waals surface area contributed by atoms with Crippen LogP contribution < -0.4 is 0 Å². The van der Waals surface area contributed by atoms with Crippen molar-refractivity contribution in [3.8, 4) is 67.5 Å². The van der Waals surface area contributed by atoms with E-state index in [4.69, 9.17) is 19.4 Å². The Kier molecular flexibility index (Phi) is 7.64. The third-order valence-corrected chi connectivity index (χ3v) is 11.7. The smallest absolute Gasteiger partial charge is 0.164 e. The van der Waals surface area contributed by atoms with Gasteiger partial charge in [0, 0.05) is 47.6 Å². The zero-order valence-corrected chi connectivity index (χ0v) is 30.9. The Hall–Kier alpha value is -7.21. The van der Waals surface area contributed by atoms with Crippen molar-refractivity contribution >= 4 is 53.4 Å². The van der Waals surface area contributed by atoms with Crippen molar-refractivity contribution in [3.63, 3.8) is 0 Å². The number of thiophene rings is 1. The van der Waals surface area contributed by atoms with E-state index in [1.807, 2.05) is 59.9 Å². The van der Waals surface area contributed by atoms with Crippen LogP contribution in [0.5, 0.6) is 0 Å². The number of aromatic nitrogens is 3. The SMILES string of the molecule is c1ccc(-c2ccc(-c3nc(-c4ccccc4)nc(-c4cc(-c5ccc6c(c5)sc5cc(-c7ccccc7)ccc56)c5c(c4)oc4ccccc45)n3)cc2)cc1. The van der Waals surface area contributed by atoms with Crippen LogP contribution in [-0.4, -0.2) is 15.0 Å². The Morgan fingerprint density at radius 2 is 0.786 bits per heavy atom. The highest BCUT2D eigenvalue weighted by molar-refractivity contribution is 7.25. The predicted molar refractivity (Wildman–Crippen MR) is 233 cm³/mol. The second-order valence-corrected chi connectivity index (χ2v) is 15.1. The molecule has 3 heterocycles. The Balaban J connectivity index is 1.09. The molecule has 0 amide bonds. The lowest BCUT2D eigenvalue weighted by molar-refractivity contribution is 0.669. The summed E-state index contributed by atoms with van der Waals surface area (Å²) in [6.45, 7) is 0. The summed E-state index contributed by atoms with van der Waals surface area (Å²) in [7, 11) is 0. The summed E-state index contributed by atoms with van der Waals surface area (Å²) < 4.78 is 9.09. The van der Waals surface area contributed by atoms with Crippen molar-refractivity contribution in [2.75, 3.05) is 0 Å². The van der Waals surface area contributed by atoms with Gasteiger partial charge >= 0.3 is 0 Å². The fourth-order valence-electron chi connectivity index (χ4n) is 7.76. The van der Waals surface area contributed by atoms with E-state index < -0.39 is 0 Å². The van der Waals surface area contributed by atoms with Gasteiger partial charge in [0.05, 0.1) is 0 Å². The molecule has 0 N–H and O–H groups in total. The quantitative estimate of drug-likeness (QED) is 0.171. The Morgan fingerprint density at radius 3 is 1.45 bits per heavy atom. The van der Waals surface area contributed by atoms with E-state index in [0.29, 0.717) is 17.5 Å². The average Bonchev–Trinajstić information content (AvgIpc) is 3.84. The van der Waals surface area contributed by atoms with Crippen molar-refractivity contribution in [1.29, 1.82) is 0 Å². The second-order valence-electron chi connectivity index (χ2n) is 14.0. The molecule has 0 bridgehead atoms. The van der Waals surface area contributed by atoms with Gasteiger partial charge in [-0.2, -0.15) is 0 Å². The largest absolute Gasteiger partial charge is 0.456 e. The molecule has 0 unspecified atom stereocenters. The van der Waals surface area contributed by atoms with E-state index in [0.717, 1.165) is 60.9 Å². The molecule has 0 spiro atoms. The summed E-state index contributed by atoms with van der Waals surface area (Å²) in [4.78, 5) is 15.3. The van der Waals surface area contributed by atoms with Crippen LogP contribution >= 0.6 is 11.3 Å². The van der Waals surface area contributed by atoms with Crippen LogP contribution in [0.25, 0.3) is 110 Å². The van der Waals surface area contributed by atoms with Crippen LogP contribution in [0, 0.1) is 0 Å². The van der Waals surface area contributed by atoms with E-state index in [-0.39, 0.29) is 0 Å². The molecule has 4 nitrogen and oxygen atoms in total. The first-order chi connectivity index (χ1) is 27.7. The fraction of sp³-hybridized carbons (Fsp3) is 0. The van der Waals surface area contributed by atoms with Crippen LogP contribution in [0.4, 0.5) is 0 Å². The number of para-hydroxylation sites is 1. The van der Waals surface area contributed by atoms with E-state index in [1.165, 1.54) is 31.3 Å². The molecule has 8 aromatic carbocycles. The molecule has 3 aromatic heterocycles. The lowest BCUT2D eigenvalue weighted by Gasteiger charge is -2.11. The van der Waals surface area contributed by atoms with Gasteiger partial charge in [0.15, 0.2) is 17.5 Å². The van der Waals surface area contributed by atoms with E-state index >= 15 is 0 Å². The van der Waals surface area contributed by atoms with Crippen LogP contribution in [0.3, 0.4) is 0 Å². The summed E-state index contributed by atoms with van der Waals surface area (Å²) in [5, 5.41) is 4.68. The number of rotatable bonds is 6. The zero-order valence-electron chi connectivity index (χ0n) is 30.1. The first-order valence-electron chi connectivity index (χ1n) is 18.7. The maximum Gasteiger partial charge on any atom is 0.164 e. The fourth-order valence-corrected chi connectivity index (χ4v) is 8.94. The number of fused-ring (bicyclic) bond motifs is 6. The van der Waals surface area contributed by atoms with Crippen LogP contribution in [0.1, 0.15) is 0 Å². The first kappa shape index (κ1) is 32.2. The molecular formula is C51H31N3OS. The number of hydrogen-bond acceptors (Lipinski definition) is 5. The average molecular weight is 734 g/mol. The molecule has 11 rings (SSSR count). The van der Waals surface area contributed by atoms with Crippen LogP contribution in [-0.2, 0) is 0 Å². The van der Waals surface area contributed by atoms with Gasteiger partial charge in [0.2, 0.25) is 0 Å². The standard InChI is InChI=1S/C51H31N3OS/c1-4-12-32(13-5-1)34-20-22-36(23-21-34)50-52-49(35-16-8-3-9-17-35)53-51(54-50)39-28-43(48-42-18-10-11-19-44(42)55-45(48)29-39)38-25-27-41-40-26-24-37(33-14-6-2-7-15-33)30-46(40)56-47(41)31-38/h1-31H. The number of hydrogen-bond donors (Lipinski definition) is 0. The highest BCUT2D eigenvalue weighted by Crippen LogP contribution is 2.43. The summed E-state index contributed by atoms with van der Waals surface area (Å²) in [6.07, 6.45) is 0. The summed E-state index contributed by atoms with van der Waals surface area (Å²) in [5.41, 5.74) is 11.3. The Morgan fingerprint density at radius 1 is 0.321 bits per heavy atom. The molecule has 0 saturated heterocycles. The molecule has 0 saturated carbocycles. The molecule has 0 aliphatic heterocycles. The maximum absolute atomic E-state index is 6.58. The molecule has 0 fully saturated rings. The van der Waals surface area contributed by atoms with Crippen LogP contribution in [0.2, 0.25) is 0 Å². The minimum absolute atomic E-state index is 0.584. The Bertz CT molecular complexity index is 3230. The van der Waals surface area contributed by atoms with Gasteiger partial charge in [0.1, 0.15) is 11.2 Å². The lowest BCUT2D eigenvalue weighted by Crippen LogP contribution is -2.00. The van der Waals surface area contributed by atoms with Crippen molar-refractivity contribution in [1.82, 2.24) is 15.0 Å². The summed E-state index contributed by atoms with van der Waals surface area (Å²) in [6, 6.07) is 65.7. The molecule has 0 radical (unpaired) electrons. The Labute approximate surface area is 327 Å². The zero-order chi connectivity index (χ0) is 37.0. The van der Waals surface area contributed by atoms with Gasteiger partial charge in [0.25, 0.3) is 0 Å². The number of nitrogens with zero attached hydrogens (tertiary/aromatic N) is 3. The highest BCUT2D eigenvalue weighted by atomic mass is 32.1. The van der Waals surface area contributed by atoms with E-state index in [1.54, 1.807) is 0 Å². The lowest BCUT2D eigenvalue weighted by atomic mass is 9.96. The molecule has 262 valence electrons. The van der Waals surface area contributed by atoms with Gasteiger partial charge in [-0.15, -0.1) is 11.3 Å². The summed E-state index contributed by atoms with van der Waals surface area (Å²) >= 11 is 1.83. The van der Waals surface area contributed by atoms with Crippen molar-refractivity contribution in [2.24, 2.45) is 0 Å². The van der Waals surface area contributed by atoms with Gasteiger partial charge in [-0.1, -0.05) is 158 Å². The molecule has 11 aromatic rings. The van der Waals surface area contributed by atoms with Crippen molar-refractivity contribution in [3.05, 3.63) is 188 Å². The number of benzene rings is 8. The number of furan rings is 1. The molecular weight excluding hydrogens is 703 g/mol. The third-order valence-electron chi connectivity index (χ3n) is 10.5. The highest BCUT2D eigenvalue weighted by Gasteiger charge is 2.19. The molecule has 0 aliphatic carbocycles. The molecule has 56 heavy (non-hydrogen) atoms. The van der Waals surface area contributed by atoms with Gasteiger partial charge in [-0.05, 0) is 63.7 Å². The molecule has 0 aliphatic rings. The van der Waals surface area contributed by atoms with Gasteiger partial charge in [-0.3, -0.25) is 0 Å². The van der Waals surface area contributed by atoms with Crippen LogP contribution in [0.15, 0.2) is 192 Å². The van der Waals surface area contributed by atoms with Crippen molar-refractivity contribution in [2.45, 2.75) is 0 Å². The minimum atomic E-state index is 0.584. The molecule has 5 heteroatoms. The van der Waals surface area contributed by atoms with Gasteiger partial charge < -0.3 is 4.42 Å². The predicted octanol–water partition coefficient (Wildman–Crippen LogP) is 14.1. The molecule has 0 atom stereocenters. The summed E-state index contributed by atoms with van der Waals surface area (Å²) in [5.74, 6) is 1.81. The second kappa shape index (κ2) is 13.3. The monoisotopic (exact) mass is 733 g/mol. The normalized spacial score (nSPS) is 11.6. The minimum Gasteiger partial charge on any atom is -0.456 e. The van der Waals surface area contributed by atoms with Crippen molar-refractivity contribution < 1.29 is 4.42 Å². The maximum atomic E-state index is 6.58. The third kappa shape index (κ3) is 5.65. The van der Waals surface area contributed by atoms with E-state index in [9.17, 15) is 0 Å². The van der Waals surface area contributed by atoms with E-state index in [2.05, 4.69) is 140 Å². The topological polar surface area (TPSA) is 51.8 Å².